The summed E-state index contributed by atoms with van der Waals surface area (Å²) >= 11 is 1.62. The zero-order valence-corrected chi connectivity index (χ0v) is 10.7. The lowest BCUT2D eigenvalue weighted by atomic mass is 10.1. The maximum Gasteiger partial charge on any atom is 0.222 e. The molecule has 0 aliphatic heterocycles. The van der Waals surface area contributed by atoms with Crippen molar-refractivity contribution in [1.29, 1.82) is 0 Å². The zero-order chi connectivity index (χ0) is 13.4. The number of halogens is 1. The Bertz CT molecular complexity index is 753. The zero-order valence-electron chi connectivity index (χ0n) is 9.93. The van der Waals surface area contributed by atoms with E-state index in [0.29, 0.717) is 6.42 Å². The molecule has 2 aromatic heterocycles. The number of anilines is 2. The van der Waals surface area contributed by atoms with Crippen LogP contribution < -0.4 is 11.5 Å². The summed E-state index contributed by atoms with van der Waals surface area (Å²) in [7, 11) is 0. The van der Waals surface area contributed by atoms with Crippen LogP contribution in [0, 0.1) is 5.82 Å². The van der Waals surface area contributed by atoms with Crippen LogP contribution in [0.15, 0.2) is 29.6 Å². The van der Waals surface area contributed by atoms with Crippen molar-refractivity contribution in [3.05, 3.63) is 46.7 Å². The Hall–Kier alpha value is -2.21. The fourth-order valence-electron chi connectivity index (χ4n) is 2.00. The van der Waals surface area contributed by atoms with Crippen LogP contribution in [0.3, 0.4) is 0 Å². The summed E-state index contributed by atoms with van der Waals surface area (Å²) < 4.78 is 15.0. The number of aromatic nitrogens is 2. The van der Waals surface area contributed by atoms with Gasteiger partial charge in [-0.05, 0) is 22.4 Å². The normalized spacial score (nSPS) is 11.0. The van der Waals surface area contributed by atoms with E-state index in [-0.39, 0.29) is 17.5 Å². The van der Waals surface area contributed by atoms with Crippen LogP contribution in [0.5, 0.6) is 0 Å². The number of nitrogens with two attached hydrogens (primary N) is 2. The molecule has 0 aliphatic carbocycles. The summed E-state index contributed by atoms with van der Waals surface area (Å²) in [6, 6.07) is 7.97. The predicted octanol–water partition coefficient (Wildman–Crippen LogP) is 2.59. The highest BCUT2D eigenvalue weighted by atomic mass is 32.1. The number of nitrogens with zero attached hydrogens (tertiary/aromatic N) is 2. The second-order valence-electron chi connectivity index (χ2n) is 4.16. The molecule has 0 aliphatic rings. The van der Waals surface area contributed by atoms with Gasteiger partial charge in [0.05, 0.1) is 5.69 Å². The van der Waals surface area contributed by atoms with E-state index < -0.39 is 5.82 Å². The summed E-state index contributed by atoms with van der Waals surface area (Å²) in [5.74, 6) is -0.806. The maximum atomic E-state index is 13.9. The summed E-state index contributed by atoms with van der Waals surface area (Å²) in [6.45, 7) is 0. The molecule has 0 fully saturated rings. The van der Waals surface area contributed by atoms with Gasteiger partial charge in [-0.2, -0.15) is 4.98 Å². The number of fused-ring (bicyclic) bond motifs is 1. The van der Waals surface area contributed by atoms with Crippen molar-refractivity contribution in [1.82, 2.24) is 9.97 Å². The van der Waals surface area contributed by atoms with Gasteiger partial charge in [0.1, 0.15) is 0 Å². The monoisotopic (exact) mass is 274 g/mol. The maximum absolute atomic E-state index is 13.9. The van der Waals surface area contributed by atoms with Gasteiger partial charge in [-0.1, -0.05) is 18.2 Å². The Morgan fingerprint density at radius 3 is 2.79 bits per heavy atom. The van der Waals surface area contributed by atoms with Gasteiger partial charge in [-0.15, -0.1) is 11.3 Å². The molecular formula is C13H11FN4S. The fourth-order valence-corrected chi connectivity index (χ4v) is 2.96. The smallest absolute Gasteiger partial charge is 0.222 e. The Balaban J connectivity index is 2.06. The Morgan fingerprint density at radius 1 is 1.16 bits per heavy atom. The summed E-state index contributed by atoms with van der Waals surface area (Å²) in [5.41, 5.74) is 12.2. The van der Waals surface area contributed by atoms with Crippen molar-refractivity contribution in [2.75, 3.05) is 11.5 Å². The molecule has 2 heterocycles. The van der Waals surface area contributed by atoms with Gasteiger partial charge in [0.25, 0.3) is 0 Å². The van der Waals surface area contributed by atoms with Gasteiger partial charge in [-0.25, -0.2) is 9.37 Å². The lowest BCUT2D eigenvalue weighted by molar-refractivity contribution is 0.603. The number of hydrogen-bond donors (Lipinski definition) is 2. The standard InChI is InChI=1S/C13H11FN4S/c14-11-9(17-13(16)18-12(11)15)5-7-6-19-10-4-2-1-3-8(7)10/h1-4,6H,5H2,(H4,15,16,17,18). The van der Waals surface area contributed by atoms with Crippen molar-refractivity contribution < 1.29 is 4.39 Å². The molecule has 4 nitrogen and oxygen atoms in total. The Kier molecular flexibility index (Phi) is 2.79. The van der Waals surface area contributed by atoms with E-state index in [0.717, 1.165) is 15.6 Å². The average molecular weight is 274 g/mol. The molecule has 0 amide bonds. The third-order valence-corrected chi connectivity index (χ3v) is 3.89. The third kappa shape index (κ3) is 2.10. The molecule has 3 aromatic rings. The lowest BCUT2D eigenvalue weighted by Gasteiger charge is -2.05. The van der Waals surface area contributed by atoms with E-state index in [1.54, 1.807) is 11.3 Å². The molecule has 19 heavy (non-hydrogen) atoms. The summed E-state index contributed by atoms with van der Waals surface area (Å²) in [5, 5.41) is 3.10. The van der Waals surface area contributed by atoms with Crippen LogP contribution in [0.2, 0.25) is 0 Å². The number of nitrogen functional groups attached to an aromatic ring is 2. The van der Waals surface area contributed by atoms with E-state index in [2.05, 4.69) is 9.97 Å². The van der Waals surface area contributed by atoms with Gasteiger partial charge < -0.3 is 11.5 Å². The molecule has 0 atom stereocenters. The SMILES string of the molecule is Nc1nc(N)c(F)c(Cc2csc3ccccc23)n1. The van der Waals surface area contributed by atoms with Crippen LogP contribution >= 0.6 is 11.3 Å². The van der Waals surface area contributed by atoms with Gasteiger partial charge in [0.15, 0.2) is 11.6 Å². The van der Waals surface area contributed by atoms with Crippen molar-refractivity contribution in [3.63, 3.8) is 0 Å². The van der Waals surface area contributed by atoms with Gasteiger partial charge >= 0.3 is 0 Å². The number of hydrogen-bond acceptors (Lipinski definition) is 5. The highest BCUT2D eigenvalue weighted by Crippen LogP contribution is 2.28. The highest BCUT2D eigenvalue weighted by molar-refractivity contribution is 7.17. The predicted molar refractivity (Wildman–Crippen MR) is 75.4 cm³/mol. The molecule has 0 unspecified atom stereocenters. The minimum atomic E-state index is -0.593. The highest BCUT2D eigenvalue weighted by Gasteiger charge is 2.13. The first kappa shape index (κ1) is 11.9. The Labute approximate surface area is 112 Å². The van der Waals surface area contributed by atoms with Crippen molar-refractivity contribution in [2.45, 2.75) is 6.42 Å². The molecule has 0 spiro atoms. The molecule has 4 N–H and O–H groups in total. The molecular weight excluding hydrogens is 263 g/mol. The van der Waals surface area contributed by atoms with E-state index >= 15 is 0 Å². The number of rotatable bonds is 2. The van der Waals surface area contributed by atoms with E-state index in [9.17, 15) is 4.39 Å². The minimum absolute atomic E-state index is 0.00608. The molecule has 6 heteroatoms. The van der Waals surface area contributed by atoms with E-state index in [1.807, 2.05) is 29.6 Å². The van der Waals surface area contributed by atoms with E-state index in [4.69, 9.17) is 11.5 Å². The van der Waals surface area contributed by atoms with Crippen molar-refractivity contribution in [2.24, 2.45) is 0 Å². The first-order valence-electron chi connectivity index (χ1n) is 5.67. The van der Waals surface area contributed by atoms with Crippen LogP contribution in [-0.4, -0.2) is 9.97 Å². The number of thiophene rings is 1. The van der Waals surface area contributed by atoms with Gasteiger partial charge in [-0.3, -0.25) is 0 Å². The lowest BCUT2D eigenvalue weighted by Crippen LogP contribution is -2.07. The molecule has 0 saturated carbocycles. The third-order valence-electron chi connectivity index (χ3n) is 2.88. The molecule has 3 rings (SSSR count). The molecule has 0 radical (unpaired) electrons. The first-order valence-corrected chi connectivity index (χ1v) is 6.55. The Morgan fingerprint density at radius 2 is 1.95 bits per heavy atom. The molecule has 1 aromatic carbocycles. The van der Waals surface area contributed by atoms with Crippen LogP contribution in [0.25, 0.3) is 10.1 Å². The van der Waals surface area contributed by atoms with Crippen molar-refractivity contribution in [3.8, 4) is 0 Å². The van der Waals surface area contributed by atoms with Crippen LogP contribution in [0.4, 0.5) is 16.2 Å². The second-order valence-corrected chi connectivity index (χ2v) is 5.07. The quantitative estimate of drug-likeness (QED) is 0.753. The summed E-state index contributed by atoms with van der Waals surface area (Å²) in [6.07, 6.45) is 0.354. The van der Waals surface area contributed by atoms with Crippen LogP contribution in [-0.2, 0) is 6.42 Å². The molecule has 0 saturated heterocycles. The van der Waals surface area contributed by atoms with E-state index in [1.165, 1.54) is 0 Å². The first-order chi connectivity index (χ1) is 9.15. The average Bonchev–Trinajstić information content (AvgIpc) is 2.79. The second kappa shape index (κ2) is 4.47. The van der Waals surface area contributed by atoms with Gasteiger partial charge in [0, 0.05) is 11.1 Å². The molecule has 96 valence electrons. The number of benzene rings is 1. The largest absolute Gasteiger partial charge is 0.381 e. The molecule has 0 bridgehead atoms. The van der Waals surface area contributed by atoms with Crippen LogP contribution in [0.1, 0.15) is 11.3 Å². The van der Waals surface area contributed by atoms with Gasteiger partial charge in [0.2, 0.25) is 5.95 Å². The minimum Gasteiger partial charge on any atom is -0.381 e. The topological polar surface area (TPSA) is 77.8 Å². The summed E-state index contributed by atoms with van der Waals surface area (Å²) in [4.78, 5) is 7.53. The van der Waals surface area contributed by atoms with Crippen molar-refractivity contribution >= 4 is 33.2 Å². The fraction of sp³-hybridized carbons (Fsp3) is 0.0769.